The zero-order valence-electron chi connectivity index (χ0n) is 22.1. The molecule has 1 amide bonds. The van der Waals surface area contributed by atoms with Crippen LogP contribution in [-0.4, -0.2) is 40.6 Å². The van der Waals surface area contributed by atoms with Gasteiger partial charge in [-0.2, -0.15) is 5.10 Å². The highest BCUT2D eigenvalue weighted by Gasteiger charge is 2.20. The zero-order chi connectivity index (χ0) is 28.1. The first-order valence-electron chi connectivity index (χ1n) is 12.0. The van der Waals surface area contributed by atoms with E-state index in [1.165, 1.54) is 11.8 Å². The molecule has 4 rings (SSSR count). The van der Waals surface area contributed by atoms with E-state index in [1.807, 2.05) is 50.2 Å². The van der Waals surface area contributed by atoms with Crippen molar-refractivity contribution >= 4 is 45.8 Å². The summed E-state index contributed by atoms with van der Waals surface area (Å²) in [6, 6.07) is 20.7. The standard InChI is InChI=1S/C20H23N3O2S.C8H8O.CH3NO/c1-4-22-23(17-10-12-18(13-11-17)26(3,24)25)20-7-5-6-15-8-9-16(21-2)14-19(15)20;1-7-4-2-3-5-8(7)6-9;2-1-3/h4,7-14,21H,5-6H2,1-3H3;2-6H,1H3;1H,(H2,2,3)/b22-4+;;. The summed E-state index contributed by atoms with van der Waals surface area (Å²) in [5.74, 6) is 0. The fourth-order valence-corrected chi connectivity index (χ4v) is 4.43. The molecule has 0 aromatic heterocycles. The van der Waals surface area contributed by atoms with Crippen molar-refractivity contribution in [3.8, 4) is 0 Å². The van der Waals surface area contributed by atoms with Gasteiger partial charge in [-0.1, -0.05) is 36.4 Å². The normalized spacial score (nSPS) is 12.1. The maximum atomic E-state index is 11.7. The smallest absolute Gasteiger partial charge is 0.204 e. The summed E-state index contributed by atoms with van der Waals surface area (Å²) in [5, 5.41) is 9.58. The van der Waals surface area contributed by atoms with Gasteiger partial charge in [0.05, 0.1) is 16.3 Å². The van der Waals surface area contributed by atoms with Crippen molar-refractivity contribution in [2.75, 3.05) is 23.6 Å². The summed E-state index contributed by atoms with van der Waals surface area (Å²) in [6.45, 7) is 3.79. The summed E-state index contributed by atoms with van der Waals surface area (Å²) >= 11 is 0. The molecular formula is C29H34N4O4S. The molecule has 0 fully saturated rings. The molecule has 0 spiro atoms. The van der Waals surface area contributed by atoms with Gasteiger partial charge in [0.1, 0.15) is 6.29 Å². The van der Waals surface area contributed by atoms with Crippen LogP contribution in [0.3, 0.4) is 0 Å². The Bertz CT molecular complexity index is 1400. The lowest BCUT2D eigenvalue weighted by atomic mass is 9.93. The summed E-state index contributed by atoms with van der Waals surface area (Å²) in [5.41, 5.74) is 11.3. The first-order valence-corrected chi connectivity index (χ1v) is 13.9. The quantitative estimate of drug-likeness (QED) is 0.265. The number of amides is 1. The topological polar surface area (TPSA) is 122 Å². The molecule has 0 heterocycles. The average molecular weight is 535 g/mol. The van der Waals surface area contributed by atoms with E-state index in [1.54, 1.807) is 30.5 Å². The van der Waals surface area contributed by atoms with E-state index in [4.69, 9.17) is 4.79 Å². The number of nitrogens with one attached hydrogen (secondary N) is 1. The van der Waals surface area contributed by atoms with Gasteiger partial charge < -0.3 is 11.1 Å². The predicted octanol–water partition coefficient (Wildman–Crippen LogP) is 4.84. The number of aldehydes is 1. The number of hydrogen-bond acceptors (Lipinski definition) is 7. The lowest BCUT2D eigenvalue weighted by molar-refractivity contribution is -0.106. The Kier molecular flexibility index (Phi) is 11.4. The van der Waals surface area contributed by atoms with Crippen LogP contribution >= 0.6 is 0 Å². The second-order valence-corrected chi connectivity index (χ2v) is 10.3. The number of carbonyl (C=O) groups excluding carboxylic acids is 2. The first-order chi connectivity index (χ1) is 18.2. The highest BCUT2D eigenvalue weighted by atomic mass is 32.2. The lowest BCUT2D eigenvalue weighted by Gasteiger charge is -2.27. The largest absolute Gasteiger partial charge is 0.388 e. The second-order valence-electron chi connectivity index (χ2n) is 8.31. The summed E-state index contributed by atoms with van der Waals surface area (Å²) < 4.78 is 23.4. The molecule has 8 nitrogen and oxygen atoms in total. The number of anilines is 2. The molecule has 0 radical (unpaired) electrons. The number of hydrazone groups is 1. The second kappa shape index (κ2) is 14.5. The average Bonchev–Trinajstić information content (AvgIpc) is 2.92. The molecule has 0 unspecified atom stereocenters. The van der Waals surface area contributed by atoms with Gasteiger partial charge in [0.15, 0.2) is 9.84 Å². The van der Waals surface area contributed by atoms with Gasteiger partial charge in [0.25, 0.3) is 0 Å². The summed E-state index contributed by atoms with van der Waals surface area (Å²) in [7, 11) is -1.32. The van der Waals surface area contributed by atoms with Gasteiger partial charge in [0, 0.05) is 36.3 Å². The minimum atomic E-state index is -3.22. The molecule has 200 valence electrons. The first kappa shape index (κ1) is 30.0. The Labute approximate surface area is 224 Å². The Morgan fingerprint density at radius 2 is 1.68 bits per heavy atom. The van der Waals surface area contributed by atoms with Crippen LogP contribution in [0.15, 0.2) is 82.8 Å². The minimum absolute atomic E-state index is 0.250. The molecule has 9 heteroatoms. The van der Waals surface area contributed by atoms with E-state index in [-0.39, 0.29) is 6.41 Å². The van der Waals surface area contributed by atoms with Crippen LogP contribution in [0.5, 0.6) is 0 Å². The number of hydrogen-bond donors (Lipinski definition) is 2. The van der Waals surface area contributed by atoms with Gasteiger partial charge in [0.2, 0.25) is 6.41 Å². The van der Waals surface area contributed by atoms with E-state index >= 15 is 0 Å². The van der Waals surface area contributed by atoms with Gasteiger partial charge in [-0.05, 0) is 74.2 Å². The zero-order valence-corrected chi connectivity index (χ0v) is 22.9. The van der Waals surface area contributed by atoms with Crippen molar-refractivity contribution in [2.24, 2.45) is 10.8 Å². The van der Waals surface area contributed by atoms with Gasteiger partial charge in [-0.3, -0.25) is 9.59 Å². The third kappa shape index (κ3) is 8.14. The summed E-state index contributed by atoms with van der Waals surface area (Å²) in [6.07, 6.45) is 8.19. The highest BCUT2D eigenvalue weighted by Crippen LogP contribution is 2.34. The number of allylic oxidation sites excluding steroid dienone is 1. The predicted molar refractivity (Wildman–Crippen MR) is 155 cm³/mol. The van der Waals surface area contributed by atoms with Crippen molar-refractivity contribution in [3.05, 3.63) is 95.1 Å². The monoisotopic (exact) mass is 534 g/mol. The van der Waals surface area contributed by atoms with Crippen molar-refractivity contribution in [3.63, 3.8) is 0 Å². The number of rotatable bonds is 6. The van der Waals surface area contributed by atoms with Crippen molar-refractivity contribution < 1.29 is 18.0 Å². The number of carbonyl (C=O) groups is 2. The highest BCUT2D eigenvalue weighted by molar-refractivity contribution is 7.90. The molecule has 38 heavy (non-hydrogen) atoms. The van der Waals surface area contributed by atoms with E-state index in [2.05, 4.69) is 40.4 Å². The molecule has 0 bridgehead atoms. The Hall–Kier alpha value is -4.24. The molecule has 1 aliphatic carbocycles. The van der Waals surface area contributed by atoms with E-state index < -0.39 is 9.84 Å². The van der Waals surface area contributed by atoms with Gasteiger partial charge in [-0.15, -0.1) is 0 Å². The van der Waals surface area contributed by atoms with Crippen LogP contribution in [0.4, 0.5) is 11.4 Å². The number of aryl methyl sites for hydroxylation is 2. The minimum Gasteiger partial charge on any atom is -0.388 e. The van der Waals surface area contributed by atoms with E-state index in [9.17, 15) is 13.2 Å². The summed E-state index contributed by atoms with van der Waals surface area (Å²) in [4.78, 5) is 19.1. The van der Waals surface area contributed by atoms with E-state index in [0.29, 0.717) is 4.90 Å². The molecule has 0 saturated carbocycles. The van der Waals surface area contributed by atoms with Gasteiger partial charge in [-0.25, -0.2) is 13.4 Å². The van der Waals surface area contributed by atoms with Crippen LogP contribution in [0, 0.1) is 6.92 Å². The van der Waals surface area contributed by atoms with Crippen molar-refractivity contribution in [2.45, 2.75) is 31.6 Å². The van der Waals surface area contributed by atoms with Crippen LogP contribution in [-0.2, 0) is 21.1 Å². The van der Waals surface area contributed by atoms with Crippen LogP contribution < -0.4 is 16.1 Å². The van der Waals surface area contributed by atoms with Crippen molar-refractivity contribution in [1.82, 2.24) is 0 Å². The number of sulfone groups is 1. The lowest BCUT2D eigenvalue weighted by Crippen LogP contribution is -2.18. The number of nitrogens with two attached hydrogens (primary N) is 1. The SMILES string of the molecule is C/C=N/N(C1=CCCc2ccc(NC)cc21)c1ccc(S(C)(=O)=O)cc1.Cc1ccccc1C=O.NC=O. The fourth-order valence-electron chi connectivity index (χ4n) is 3.80. The number of primary amides is 1. The maximum absolute atomic E-state index is 11.7. The molecule has 0 aliphatic heterocycles. The third-order valence-electron chi connectivity index (χ3n) is 5.71. The molecular weight excluding hydrogens is 500 g/mol. The maximum Gasteiger partial charge on any atom is 0.204 e. The molecule has 0 saturated heterocycles. The molecule has 3 aromatic rings. The number of fused-ring (bicyclic) bond motifs is 1. The van der Waals surface area contributed by atoms with Crippen LogP contribution in [0.25, 0.3) is 5.70 Å². The molecule has 3 aromatic carbocycles. The van der Waals surface area contributed by atoms with Crippen LogP contribution in [0.2, 0.25) is 0 Å². The number of nitrogens with zero attached hydrogens (tertiary/aromatic N) is 2. The molecule has 0 atom stereocenters. The molecule has 1 aliphatic rings. The van der Waals surface area contributed by atoms with Crippen molar-refractivity contribution in [1.29, 1.82) is 0 Å². The van der Waals surface area contributed by atoms with Crippen LogP contribution in [0.1, 0.15) is 40.4 Å². The Morgan fingerprint density at radius 3 is 2.21 bits per heavy atom. The number of benzene rings is 3. The molecule has 3 N–H and O–H groups in total. The Balaban J connectivity index is 0.000000351. The van der Waals surface area contributed by atoms with Gasteiger partial charge >= 0.3 is 0 Å². The van der Waals surface area contributed by atoms with E-state index in [0.717, 1.165) is 52.9 Å². The fraction of sp³-hybridized carbons (Fsp3) is 0.207. The third-order valence-corrected chi connectivity index (χ3v) is 6.84. The Morgan fingerprint density at radius 1 is 1.03 bits per heavy atom.